The van der Waals surface area contributed by atoms with Crippen LogP contribution < -0.4 is 4.74 Å². The highest BCUT2D eigenvalue weighted by Crippen LogP contribution is 2.42. The predicted octanol–water partition coefficient (Wildman–Crippen LogP) is 5.77. The lowest BCUT2D eigenvalue weighted by Crippen LogP contribution is -2.50. The van der Waals surface area contributed by atoms with E-state index >= 15 is 0 Å². The van der Waals surface area contributed by atoms with Crippen molar-refractivity contribution in [2.75, 3.05) is 6.54 Å². The van der Waals surface area contributed by atoms with Gasteiger partial charge in [0.1, 0.15) is 29.8 Å². The molecule has 1 fully saturated rings. The first-order valence-corrected chi connectivity index (χ1v) is 14.1. The van der Waals surface area contributed by atoms with Crippen molar-refractivity contribution in [1.29, 1.82) is 0 Å². The first-order valence-electron chi connectivity index (χ1n) is 14.1. The van der Waals surface area contributed by atoms with E-state index in [4.69, 9.17) is 9.47 Å². The monoisotopic (exact) mass is 564 g/mol. The molecule has 3 aromatic carbocycles. The highest BCUT2D eigenvalue weighted by Gasteiger charge is 2.51. The van der Waals surface area contributed by atoms with E-state index in [1.807, 2.05) is 91.0 Å². The number of carbonyl (C=O) groups excluding carboxylic acids is 2. The summed E-state index contributed by atoms with van der Waals surface area (Å²) in [5.41, 5.74) is 0.227. The maximum atomic E-state index is 14.1. The lowest BCUT2D eigenvalue weighted by Gasteiger charge is -2.39. The molecule has 0 spiro atoms. The van der Waals surface area contributed by atoms with E-state index in [2.05, 4.69) is 4.98 Å². The molecule has 42 heavy (non-hydrogen) atoms. The number of esters is 1. The van der Waals surface area contributed by atoms with Crippen molar-refractivity contribution in [2.24, 2.45) is 5.41 Å². The van der Waals surface area contributed by atoms with E-state index in [9.17, 15) is 14.7 Å². The van der Waals surface area contributed by atoms with Gasteiger partial charge in [-0.25, -0.2) is 4.98 Å². The SMILES string of the molecule is CC(C)(C)C(=O)O[C@@H]1C[C@@H](C(O)(c2ccccc2)c2ccccc2)N(C(=O)c2ccc(OCc3ccccc3)cn2)C1. The Morgan fingerprint density at radius 2 is 1.43 bits per heavy atom. The van der Waals surface area contributed by atoms with Gasteiger partial charge in [-0.2, -0.15) is 0 Å². The zero-order chi connectivity index (χ0) is 29.7. The average molecular weight is 565 g/mol. The van der Waals surface area contributed by atoms with Gasteiger partial charge >= 0.3 is 5.97 Å². The van der Waals surface area contributed by atoms with Crippen LogP contribution in [0.2, 0.25) is 0 Å². The number of benzene rings is 3. The second kappa shape index (κ2) is 12.2. The highest BCUT2D eigenvalue weighted by atomic mass is 16.5. The van der Waals surface area contributed by atoms with Crippen LogP contribution in [0.15, 0.2) is 109 Å². The number of aliphatic hydroxyl groups is 1. The number of carbonyl (C=O) groups is 2. The molecule has 0 unspecified atom stereocenters. The summed E-state index contributed by atoms with van der Waals surface area (Å²) < 4.78 is 11.7. The first kappa shape index (κ1) is 29.0. The molecule has 0 aliphatic carbocycles. The zero-order valence-corrected chi connectivity index (χ0v) is 24.1. The number of pyridine rings is 1. The molecule has 2 heterocycles. The van der Waals surface area contributed by atoms with E-state index in [1.165, 1.54) is 6.20 Å². The fraction of sp³-hybridized carbons (Fsp3) is 0.286. The standard InChI is InChI=1S/C35H36N2O5/c1-34(2,3)33(39)42-29-21-31(35(40,26-15-9-5-10-16-26)27-17-11-6-12-18-27)37(23-29)32(38)30-20-19-28(22-36-30)41-24-25-13-7-4-8-14-25/h4-20,22,29,31,40H,21,23-24H2,1-3H3/t29-,31+/m1/s1. The average Bonchev–Trinajstić information content (AvgIpc) is 3.44. The predicted molar refractivity (Wildman–Crippen MR) is 160 cm³/mol. The minimum Gasteiger partial charge on any atom is -0.487 e. The van der Waals surface area contributed by atoms with Crippen LogP contribution >= 0.6 is 0 Å². The highest BCUT2D eigenvalue weighted by molar-refractivity contribution is 5.93. The Morgan fingerprint density at radius 1 is 0.857 bits per heavy atom. The van der Waals surface area contributed by atoms with Gasteiger partial charge in [0.2, 0.25) is 0 Å². The van der Waals surface area contributed by atoms with E-state index < -0.39 is 23.2 Å². The zero-order valence-electron chi connectivity index (χ0n) is 24.1. The lowest BCUT2D eigenvalue weighted by atomic mass is 9.78. The van der Waals surface area contributed by atoms with Crippen LogP contribution in [0.1, 0.15) is 54.4 Å². The number of amides is 1. The number of ether oxygens (including phenoxy) is 2. The third-order valence-corrected chi connectivity index (χ3v) is 7.52. The quantitative estimate of drug-likeness (QED) is 0.274. The van der Waals surface area contributed by atoms with Gasteiger partial charge in [0.15, 0.2) is 0 Å². The van der Waals surface area contributed by atoms with Crippen LogP contribution in [0.4, 0.5) is 0 Å². The number of nitrogens with zero attached hydrogens (tertiary/aromatic N) is 2. The van der Waals surface area contributed by atoms with Crippen molar-refractivity contribution >= 4 is 11.9 Å². The van der Waals surface area contributed by atoms with Gasteiger partial charge in [0, 0.05) is 6.42 Å². The molecule has 1 saturated heterocycles. The number of hydrogen-bond donors (Lipinski definition) is 1. The normalized spacial score (nSPS) is 17.1. The summed E-state index contributed by atoms with van der Waals surface area (Å²) in [7, 11) is 0. The number of hydrogen-bond acceptors (Lipinski definition) is 6. The summed E-state index contributed by atoms with van der Waals surface area (Å²) in [6.45, 7) is 5.88. The van der Waals surface area contributed by atoms with Crippen LogP contribution in [0.5, 0.6) is 5.75 Å². The van der Waals surface area contributed by atoms with E-state index in [1.54, 1.807) is 37.8 Å². The molecule has 1 aliphatic rings. The minimum atomic E-state index is -1.57. The molecule has 5 rings (SSSR count). The van der Waals surface area contributed by atoms with Gasteiger partial charge < -0.3 is 19.5 Å². The summed E-state index contributed by atoms with van der Waals surface area (Å²) in [4.78, 5) is 32.9. The van der Waals surface area contributed by atoms with Gasteiger partial charge in [-0.1, -0.05) is 91.0 Å². The van der Waals surface area contributed by atoms with Crippen molar-refractivity contribution in [1.82, 2.24) is 9.88 Å². The molecule has 216 valence electrons. The Labute approximate surface area is 246 Å². The number of aromatic nitrogens is 1. The second-order valence-electron chi connectivity index (χ2n) is 11.6. The Morgan fingerprint density at radius 3 is 1.95 bits per heavy atom. The van der Waals surface area contributed by atoms with Crippen molar-refractivity contribution in [2.45, 2.75) is 51.5 Å². The largest absolute Gasteiger partial charge is 0.487 e. The van der Waals surface area contributed by atoms with Gasteiger partial charge in [-0.05, 0) is 49.6 Å². The smallest absolute Gasteiger partial charge is 0.311 e. The minimum absolute atomic E-state index is 0.126. The van der Waals surface area contributed by atoms with Crippen LogP contribution in [0, 0.1) is 5.41 Å². The Balaban J connectivity index is 1.46. The van der Waals surface area contributed by atoms with Crippen molar-refractivity contribution in [3.63, 3.8) is 0 Å². The molecule has 0 radical (unpaired) electrons. The summed E-state index contributed by atoms with van der Waals surface area (Å²) in [6.07, 6.45) is 1.18. The van der Waals surface area contributed by atoms with Crippen LogP contribution in [-0.4, -0.2) is 45.6 Å². The van der Waals surface area contributed by atoms with E-state index in [0.29, 0.717) is 23.5 Å². The van der Waals surface area contributed by atoms with Gasteiger partial charge in [0.25, 0.3) is 5.91 Å². The molecule has 0 saturated carbocycles. The fourth-order valence-corrected chi connectivity index (χ4v) is 5.25. The number of likely N-dealkylation sites (tertiary alicyclic amines) is 1. The maximum Gasteiger partial charge on any atom is 0.311 e. The molecule has 1 amide bonds. The van der Waals surface area contributed by atoms with Crippen molar-refractivity contribution in [3.05, 3.63) is 132 Å². The van der Waals surface area contributed by atoms with Crippen LogP contribution in [-0.2, 0) is 21.7 Å². The van der Waals surface area contributed by atoms with Gasteiger partial charge in [0.05, 0.1) is 24.2 Å². The van der Waals surface area contributed by atoms with Crippen molar-refractivity contribution in [3.8, 4) is 5.75 Å². The molecule has 7 nitrogen and oxygen atoms in total. The molecule has 1 aliphatic heterocycles. The molecule has 7 heteroatoms. The van der Waals surface area contributed by atoms with Crippen molar-refractivity contribution < 1.29 is 24.2 Å². The summed E-state index contributed by atoms with van der Waals surface area (Å²) in [6, 6.07) is 31.0. The second-order valence-corrected chi connectivity index (χ2v) is 11.6. The Bertz CT molecular complexity index is 1450. The van der Waals surface area contributed by atoms with Crippen LogP contribution in [0.3, 0.4) is 0 Å². The lowest BCUT2D eigenvalue weighted by molar-refractivity contribution is -0.158. The van der Waals surface area contributed by atoms with E-state index in [-0.39, 0.29) is 30.5 Å². The van der Waals surface area contributed by atoms with Crippen LogP contribution in [0.25, 0.3) is 0 Å². The molecular formula is C35H36N2O5. The molecular weight excluding hydrogens is 528 g/mol. The summed E-state index contributed by atoms with van der Waals surface area (Å²) >= 11 is 0. The molecule has 1 N–H and O–H groups in total. The topological polar surface area (TPSA) is 89.0 Å². The summed E-state index contributed by atoms with van der Waals surface area (Å²) in [5, 5.41) is 12.6. The third-order valence-electron chi connectivity index (χ3n) is 7.52. The Kier molecular flexibility index (Phi) is 8.41. The Hall–Kier alpha value is -4.49. The molecule has 4 aromatic rings. The maximum absolute atomic E-state index is 14.1. The fourth-order valence-electron chi connectivity index (χ4n) is 5.25. The molecule has 1 aromatic heterocycles. The molecule has 2 atom stereocenters. The van der Waals surface area contributed by atoms with Gasteiger partial charge in [-0.3, -0.25) is 9.59 Å². The number of rotatable bonds is 8. The first-order chi connectivity index (χ1) is 20.2. The van der Waals surface area contributed by atoms with Gasteiger partial charge in [-0.15, -0.1) is 0 Å². The van der Waals surface area contributed by atoms with E-state index in [0.717, 1.165) is 5.56 Å². The third kappa shape index (κ3) is 6.21. The summed E-state index contributed by atoms with van der Waals surface area (Å²) in [5.74, 6) is -0.189. The molecule has 0 bridgehead atoms.